The van der Waals surface area contributed by atoms with E-state index in [1.807, 2.05) is 12.3 Å². The van der Waals surface area contributed by atoms with Crippen LogP contribution >= 0.6 is 0 Å². The van der Waals surface area contributed by atoms with Gasteiger partial charge in [0.15, 0.2) is 0 Å². The van der Waals surface area contributed by atoms with Gasteiger partial charge in [0.25, 0.3) is 0 Å². The molecule has 0 amide bonds. The number of aromatic amines is 1. The summed E-state index contributed by atoms with van der Waals surface area (Å²) in [5.74, 6) is 1.05. The van der Waals surface area contributed by atoms with E-state index in [1.165, 1.54) is 10.9 Å². The number of aryl methyl sites for hydroxylation is 2. The molecule has 2 atom stereocenters. The van der Waals surface area contributed by atoms with Crippen LogP contribution in [-0.4, -0.2) is 39.6 Å². The lowest BCUT2D eigenvalue weighted by Crippen LogP contribution is -2.25. The normalized spacial score (nSPS) is 21.2. The van der Waals surface area contributed by atoms with E-state index in [1.54, 1.807) is 7.11 Å². The molecule has 0 aliphatic carbocycles. The van der Waals surface area contributed by atoms with Gasteiger partial charge >= 0.3 is 0 Å². The highest BCUT2D eigenvalue weighted by Gasteiger charge is 2.35. The van der Waals surface area contributed by atoms with Gasteiger partial charge in [0.2, 0.25) is 0 Å². The lowest BCUT2D eigenvalue weighted by atomic mass is 10.1. The predicted octanol–water partition coefficient (Wildman–Crippen LogP) is 3.54. The number of ether oxygens (including phenoxy) is 1. The molecule has 1 aliphatic heterocycles. The van der Waals surface area contributed by atoms with Crippen LogP contribution in [0, 0.1) is 13.8 Å². The summed E-state index contributed by atoms with van der Waals surface area (Å²) in [6.45, 7) is 5.94. The van der Waals surface area contributed by atoms with Gasteiger partial charge < -0.3 is 9.72 Å². The van der Waals surface area contributed by atoms with Gasteiger partial charge in [-0.25, -0.2) is 4.98 Å². The maximum Gasteiger partial charge on any atom is 0.124 e. The van der Waals surface area contributed by atoms with E-state index in [0.717, 1.165) is 42.2 Å². The predicted molar refractivity (Wildman–Crippen MR) is 98.4 cm³/mol. The third-order valence-electron chi connectivity index (χ3n) is 5.21. The first-order valence-corrected chi connectivity index (χ1v) is 8.77. The van der Waals surface area contributed by atoms with Crippen molar-refractivity contribution in [3.63, 3.8) is 0 Å². The van der Waals surface area contributed by atoms with Crippen molar-refractivity contribution in [1.29, 1.82) is 0 Å². The number of hydrogen-bond acceptors (Lipinski definition) is 4. The number of benzene rings is 1. The zero-order valence-electron chi connectivity index (χ0n) is 15.0. The van der Waals surface area contributed by atoms with Crippen LogP contribution in [0.25, 0.3) is 10.9 Å². The third-order valence-corrected chi connectivity index (χ3v) is 5.21. The van der Waals surface area contributed by atoms with Crippen LogP contribution in [0.1, 0.15) is 35.2 Å². The van der Waals surface area contributed by atoms with Gasteiger partial charge in [0.1, 0.15) is 5.82 Å². The van der Waals surface area contributed by atoms with Gasteiger partial charge in [0, 0.05) is 37.5 Å². The van der Waals surface area contributed by atoms with Gasteiger partial charge in [0.05, 0.1) is 23.4 Å². The Balaban J connectivity index is 1.61. The molecule has 0 spiro atoms. The standard InChI is InChI=1S/C20H24N4O/c1-13-14(2)23-20(22-13)19-10-17(25-3)12-24(19)11-15-6-7-18-16(9-15)5-4-8-21-18/h4-9,17,19H,10-12H2,1-3H3,(H,22,23)/t17-,19+/m1/s1. The van der Waals surface area contributed by atoms with Crippen LogP contribution in [0.3, 0.4) is 0 Å². The Hall–Kier alpha value is -2.24. The third kappa shape index (κ3) is 3.17. The average Bonchev–Trinajstić information content (AvgIpc) is 3.18. The molecule has 4 rings (SSSR count). The topological polar surface area (TPSA) is 54.0 Å². The molecule has 1 saturated heterocycles. The van der Waals surface area contributed by atoms with Gasteiger partial charge in [-0.2, -0.15) is 0 Å². The van der Waals surface area contributed by atoms with Gasteiger partial charge in [-0.05, 0) is 44.0 Å². The molecule has 1 N–H and O–H groups in total. The molecule has 3 heterocycles. The summed E-state index contributed by atoms with van der Waals surface area (Å²) in [6.07, 6.45) is 3.05. The first-order valence-electron chi connectivity index (χ1n) is 8.77. The molecular formula is C20H24N4O. The number of nitrogens with zero attached hydrogens (tertiary/aromatic N) is 3. The average molecular weight is 336 g/mol. The smallest absolute Gasteiger partial charge is 0.124 e. The van der Waals surface area contributed by atoms with Crippen LogP contribution in [0.2, 0.25) is 0 Å². The summed E-state index contributed by atoms with van der Waals surface area (Å²) in [7, 11) is 1.80. The molecule has 0 saturated carbocycles. The zero-order valence-corrected chi connectivity index (χ0v) is 15.0. The second-order valence-electron chi connectivity index (χ2n) is 6.90. The number of rotatable bonds is 4. The highest BCUT2D eigenvalue weighted by atomic mass is 16.5. The Bertz CT molecular complexity index is 869. The van der Waals surface area contributed by atoms with Crippen molar-refractivity contribution in [3.8, 4) is 0 Å². The fourth-order valence-corrected chi connectivity index (χ4v) is 3.68. The van der Waals surface area contributed by atoms with E-state index >= 15 is 0 Å². The van der Waals surface area contributed by atoms with Crippen LogP contribution in [-0.2, 0) is 11.3 Å². The number of H-pyrrole nitrogens is 1. The lowest BCUT2D eigenvalue weighted by molar-refractivity contribution is 0.107. The number of pyridine rings is 1. The van der Waals surface area contributed by atoms with E-state index in [4.69, 9.17) is 9.72 Å². The molecule has 2 aromatic heterocycles. The number of imidazole rings is 1. The Morgan fingerprint density at radius 2 is 2.16 bits per heavy atom. The van der Waals surface area contributed by atoms with Gasteiger partial charge in [-0.1, -0.05) is 12.1 Å². The summed E-state index contributed by atoms with van der Waals surface area (Å²) < 4.78 is 5.64. The monoisotopic (exact) mass is 336 g/mol. The minimum absolute atomic E-state index is 0.248. The maximum absolute atomic E-state index is 5.64. The zero-order chi connectivity index (χ0) is 17.4. The molecule has 25 heavy (non-hydrogen) atoms. The molecular weight excluding hydrogens is 312 g/mol. The summed E-state index contributed by atoms with van der Waals surface area (Å²) in [4.78, 5) is 15.1. The number of nitrogens with one attached hydrogen (secondary N) is 1. The van der Waals surface area contributed by atoms with Gasteiger partial charge in [-0.3, -0.25) is 9.88 Å². The second kappa shape index (κ2) is 6.58. The fourth-order valence-electron chi connectivity index (χ4n) is 3.68. The summed E-state index contributed by atoms with van der Waals surface area (Å²) in [6, 6.07) is 10.9. The first kappa shape index (κ1) is 16.2. The van der Waals surface area contributed by atoms with E-state index in [2.05, 4.69) is 53.0 Å². The van der Waals surface area contributed by atoms with Crippen molar-refractivity contribution in [2.75, 3.05) is 13.7 Å². The maximum atomic E-state index is 5.64. The highest BCUT2D eigenvalue weighted by Crippen LogP contribution is 2.33. The van der Waals surface area contributed by atoms with Crippen molar-refractivity contribution in [2.45, 2.75) is 39.0 Å². The van der Waals surface area contributed by atoms with E-state index < -0.39 is 0 Å². The molecule has 1 fully saturated rings. The minimum Gasteiger partial charge on any atom is -0.380 e. The number of fused-ring (bicyclic) bond motifs is 1. The molecule has 5 nitrogen and oxygen atoms in total. The second-order valence-corrected chi connectivity index (χ2v) is 6.90. The Labute approximate surface area is 148 Å². The van der Waals surface area contributed by atoms with Crippen LogP contribution in [0.5, 0.6) is 0 Å². The Morgan fingerprint density at radius 1 is 1.28 bits per heavy atom. The fraction of sp³-hybridized carbons (Fsp3) is 0.400. The van der Waals surface area contributed by atoms with Crippen molar-refractivity contribution >= 4 is 10.9 Å². The van der Waals surface area contributed by atoms with Crippen molar-refractivity contribution < 1.29 is 4.74 Å². The summed E-state index contributed by atoms with van der Waals surface area (Å²) >= 11 is 0. The van der Waals surface area contributed by atoms with Crippen LogP contribution < -0.4 is 0 Å². The van der Waals surface area contributed by atoms with Crippen molar-refractivity contribution in [1.82, 2.24) is 19.9 Å². The number of hydrogen-bond donors (Lipinski definition) is 1. The van der Waals surface area contributed by atoms with Crippen molar-refractivity contribution in [3.05, 3.63) is 59.3 Å². The Morgan fingerprint density at radius 3 is 2.92 bits per heavy atom. The SMILES string of the molecule is CO[C@@H]1C[C@@H](c2nc(C)c(C)[nH]2)N(Cc2ccc3ncccc3c2)C1. The molecule has 3 aromatic rings. The molecule has 130 valence electrons. The molecule has 1 aliphatic rings. The Kier molecular flexibility index (Phi) is 4.27. The van der Waals surface area contributed by atoms with E-state index in [-0.39, 0.29) is 12.1 Å². The van der Waals surface area contributed by atoms with Gasteiger partial charge in [-0.15, -0.1) is 0 Å². The molecule has 5 heteroatoms. The number of methoxy groups -OCH3 is 1. The highest BCUT2D eigenvalue weighted by molar-refractivity contribution is 5.78. The van der Waals surface area contributed by atoms with Crippen molar-refractivity contribution in [2.24, 2.45) is 0 Å². The molecule has 0 bridgehead atoms. The first-order chi connectivity index (χ1) is 12.1. The van der Waals surface area contributed by atoms with E-state index in [9.17, 15) is 0 Å². The summed E-state index contributed by atoms with van der Waals surface area (Å²) in [5, 5.41) is 1.18. The summed E-state index contributed by atoms with van der Waals surface area (Å²) in [5.41, 5.74) is 4.55. The van der Waals surface area contributed by atoms with E-state index in [0.29, 0.717) is 0 Å². The minimum atomic E-state index is 0.248. The number of aromatic nitrogens is 3. The van der Waals surface area contributed by atoms with Crippen LogP contribution in [0.4, 0.5) is 0 Å². The van der Waals surface area contributed by atoms with Crippen LogP contribution in [0.15, 0.2) is 36.5 Å². The number of likely N-dealkylation sites (tertiary alicyclic amines) is 1. The quantitative estimate of drug-likeness (QED) is 0.792. The largest absolute Gasteiger partial charge is 0.380 e. The molecule has 1 aromatic carbocycles. The molecule has 0 radical (unpaired) electrons. The lowest BCUT2D eigenvalue weighted by Gasteiger charge is -2.22. The molecule has 0 unspecified atom stereocenters.